The monoisotopic (exact) mass is 222 g/mol. The molecule has 0 bridgehead atoms. The van der Waals surface area contributed by atoms with Gasteiger partial charge in [-0.05, 0) is 36.6 Å². The molecular formula is C12H18N2S. The maximum absolute atomic E-state index is 5.58. The molecular weight excluding hydrogens is 204 g/mol. The standard InChI is InChI=1S/C12H18N2S/c1-9(4-5-13)10-2-3-12-11(8-10)14-6-7-15-12/h2-3,8-9,14H,4-7,13H2,1H3. The highest BCUT2D eigenvalue weighted by molar-refractivity contribution is 7.99. The summed E-state index contributed by atoms with van der Waals surface area (Å²) >= 11 is 1.94. The van der Waals surface area contributed by atoms with E-state index >= 15 is 0 Å². The smallest absolute Gasteiger partial charge is 0.0481 e. The quantitative estimate of drug-likeness (QED) is 0.825. The van der Waals surface area contributed by atoms with Crippen LogP contribution in [0.25, 0.3) is 0 Å². The van der Waals surface area contributed by atoms with E-state index in [9.17, 15) is 0 Å². The fourth-order valence-corrected chi connectivity index (χ4v) is 2.76. The molecule has 0 fully saturated rings. The van der Waals surface area contributed by atoms with Gasteiger partial charge in [0.05, 0.1) is 0 Å². The zero-order valence-electron chi connectivity index (χ0n) is 9.12. The van der Waals surface area contributed by atoms with Crippen molar-refractivity contribution in [2.75, 3.05) is 24.2 Å². The van der Waals surface area contributed by atoms with Crippen LogP contribution in [-0.2, 0) is 0 Å². The Bertz CT molecular complexity index is 338. The van der Waals surface area contributed by atoms with E-state index < -0.39 is 0 Å². The predicted octanol–water partition coefficient (Wildman–Crippen LogP) is 2.66. The van der Waals surface area contributed by atoms with Gasteiger partial charge in [-0.2, -0.15) is 0 Å². The Morgan fingerprint density at radius 1 is 1.53 bits per heavy atom. The van der Waals surface area contributed by atoms with Gasteiger partial charge in [0.2, 0.25) is 0 Å². The van der Waals surface area contributed by atoms with Gasteiger partial charge in [-0.3, -0.25) is 0 Å². The number of thioether (sulfide) groups is 1. The molecule has 1 aliphatic rings. The topological polar surface area (TPSA) is 38.0 Å². The minimum Gasteiger partial charge on any atom is -0.383 e. The number of benzene rings is 1. The Kier molecular flexibility index (Phi) is 3.54. The van der Waals surface area contributed by atoms with Gasteiger partial charge in [0, 0.05) is 22.9 Å². The molecule has 1 unspecified atom stereocenters. The second kappa shape index (κ2) is 4.90. The van der Waals surface area contributed by atoms with Gasteiger partial charge < -0.3 is 11.1 Å². The van der Waals surface area contributed by atoms with Crippen molar-refractivity contribution in [3.8, 4) is 0 Å². The van der Waals surface area contributed by atoms with Gasteiger partial charge in [0.15, 0.2) is 0 Å². The van der Waals surface area contributed by atoms with Crippen LogP contribution < -0.4 is 11.1 Å². The van der Waals surface area contributed by atoms with Crippen molar-refractivity contribution in [2.45, 2.75) is 24.2 Å². The number of nitrogens with one attached hydrogen (secondary N) is 1. The van der Waals surface area contributed by atoms with Crippen molar-refractivity contribution in [1.82, 2.24) is 0 Å². The summed E-state index contributed by atoms with van der Waals surface area (Å²) in [7, 11) is 0. The third-order valence-corrected chi connectivity index (χ3v) is 3.92. The first kappa shape index (κ1) is 10.8. The van der Waals surface area contributed by atoms with Crippen molar-refractivity contribution < 1.29 is 0 Å². The molecule has 1 aromatic carbocycles. The van der Waals surface area contributed by atoms with Crippen LogP contribution in [0.2, 0.25) is 0 Å². The summed E-state index contributed by atoms with van der Waals surface area (Å²) in [6.45, 7) is 4.08. The lowest BCUT2D eigenvalue weighted by Crippen LogP contribution is -2.11. The molecule has 15 heavy (non-hydrogen) atoms. The van der Waals surface area contributed by atoms with Crippen molar-refractivity contribution in [3.63, 3.8) is 0 Å². The molecule has 3 heteroatoms. The van der Waals surface area contributed by atoms with Crippen LogP contribution in [0.5, 0.6) is 0 Å². The predicted molar refractivity (Wildman–Crippen MR) is 67.7 cm³/mol. The number of rotatable bonds is 3. The highest BCUT2D eigenvalue weighted by atomic mass is 32.2. The van der Waals surface area contributed by atoms with Crippen LogP contribution in [0.15, 0.2) is 23.1 Å². The Hall–Kier alpha value is -0.670. The van der Waals surface area contributed by atoms with E-state index in [4.69, 9.17) is 5.73 Å². The van der Waals surface area contributed by atoms with E-state index in [1.54, 1.807) is 0 Å². The van der Waals surface area contributed by atoms with Crippen LogP contribution in [0.3, 0.4) is 0 Å². The molecule has 1 heterocycles. The van der Waals surface area contributed by atoms with Crippen molar-refractivity contribution >= 4 is 17.4 Å². The molecule has 3 N–H and O–H groups in total. The van der Waals surface area contributed by atoms with E-state index in [1.165, 1.54) is 21.9 Å². The summed E-state index contributed by atoms with van der Waals surface area (Å²) in [6, 6.07) is 6.75. The Morgan fingerprint density at radius 2 is 2.40 bits per heavy atom. The SMILES string of the molecule is CC(CCN)c1ccc2c(c1)NCCS2. The fourth-order valence-electron chi connectivity index (χ4n) is 1.88. The first-order chi connectivity index (χ1) is 7.31. The minimum atomic E-state index is 0.564. The van der Waals surface area contributed by atoms with Crippen molar-refractivity contribution in [3.05, 3.63) is 23.8 Å². The molecule has 0 saturated carbocycles. The Labute approximate surface area is 95.6 Å². The summed E-state index contributed by atoms with van der Waals surface area (Å²) in [5, 5.41) is 3.45. The zero-order valence-corrected chi connectivity index (χ0v) is 9.94. The van der Waals surface area contributed by atoms with Crippen LogP contribution in [0.1, 0.15) is 24.8 Å². The van der Waals surface area contributed by atoms with Gasteiger partial charge in [-0.25, -0.2) is 0 Å². The molecule has 2 nitrogen and oxygen atoms in total. The normalized spacial score (nSPS) is 16.7. The van der Waals surface area contributed by atoms with Gasteiger partial charge in [0.25, 0.3) is 0 Å². The van der Waals surface area contributed by atoms with Gasteiger partial charge >= 0.3 is 0 Å². The molecule has 0 saturated heterocycles. The molecule has 0 aromatic heterocycles. The molecule has 1 aromatic rings. The number of nitrogens with two attached hydrogens (primary N) is 1. The van der Waals surface area contributed by atoms with Gasteiger partial charge in [-0.1, -0.05) is 13.0 Å². The van der Waals surface area contributed by atoms with E-state index in [1.807, 2.05) is 11.8 Å². The van der Waals surface area contributed by atoms with Crippen molar-refractivity contribution in [2.24, 2.45) is 5.73 Å². The van der Waals surface area contributed by atoms with Crippen LogP contribution in [0.4, 0.5) is 5.69 Å². The molecule has 0 amide bonds. The molecule has 1 atom stereocenters. The maximum atomic E-state index is 5.58. The second-order valence-electron chi connectivity index (χ2n) is 4.01. The third kappa shape index (κ3) is 2.47. The van der Waals surface area contributed by atoms with Gasteiger partial charge in [0.1, 0.15) is 0 Å². The average molecular weight is 222 g/mol. The zero-order chi connectivity index (χ0) is 10.7. The summed E-state index contributed by atoms with van der Waals surface area (Å²) in [6.07, 6.45) is 1.06. The summed E-state index contributed by atoms with van der Waals surface area (Å²) in [5.41, 5.74) is 8.28. The molecule has 82 valence electrons. The molecule has 2 rings (SSSR count). The van der Waals surface area contributed by atoms with Crippen LogP contribution in [0, 0.1) is 0 Å². The highest BCUT2D eigenvalue weighted by Gasteiger charge is 2.11. The minimum absolute atomic E-state index is 0.564. The molecule has 0 radical (unpaired) electrons. The molecule has 0 spiro atoms. The molecule has 0 aliphatic carbocycles. The lowest BCUT2D eigenvalue weighted by molar-refractivity contribution is 0.690. The van der Waals surface area contributed by atoms with Crippen LogP contribution in [-0.4, -0.2) is 18.8 Å². The number of hydrogen-bond donors (Lipinski definition) is 2. The van der Waals surface area contributed by atoms with E-state index in [0.29, 0.717) is 5.92 Å². The maximum Gasteiger partial charge on any atom is 0.0481 e. The molecule has 1 aliphatic heterocycles. The van der Waals surface area contributed by atoms with Crippen LogP contribution >= 0.6 is 11.8 Å². The van der Waals surface area contributed by atoms with Gasteiger partial charge in [-0.15, -0.1) is 11.8 Å². The first-order valence-corrected chi connectivity index (χ1v) is 6.50. The number of hydrogen-bond acceptors (Lipinski definition) is 3. The first-order valence-electron chi connectivity index (χ1n) is 5.52. The number of fused-ring (bicyclic) bond motifs is 1. The Morgan fingerprint density at radius 3 is 3.20 bits per heavy atom. The summed E-state index contributed by atoms with van der Waals surface area (Å²) < 4.78 is 0. The largest absolute Gasteiger partial charge is 0.383 e. The third-order valence-electron chi connectivity index (χ3n) is 2.85. The van der Waals surface area contributed by atoms with Crippen molar-refractivity contribution in [1.29, 1.82) is 0 Å². The Balaban J connectivity index is 2.20. The van der Waals surface area contributed by atoms with E-state index in [0.717, 1.165) is 19.5 Å². The lowest BCUT2D eigenvalue weighted by atomic mass is 9.97. The number of anilines is 1. The second-order valence-corrected chi connectivity index (χ2v) is 5.15. The van der Waals surface area contributed by atoms with E-state index in [-0.39, 0.29) is 0 Å². The lowest BCUT2D eigenvalue weighted by Gasteiger charge is -2.20. The van der Waals surface area contributed by atoms with E-state index in [2.05, 4.69) is 30.4 Å². The highest BCUT2D eigenvalue weighted by Crippen LogP contribution is 2.33. The fraction of sp³-hybridized carbons (Fsp3) is 0.500. The average Bonchev–Trinajstić information content (AvgIpc) is 2.29. The summed E-state index contributed by atoms with van der Waals surface area (Å²) in [4.78, 5) is 1.38. The summed E-state index contributed by atoms with van der Waals surface area (Å²) in [5.74, 6) is 1.74.